The summed E-state index contributed by atoms with van der Waals surface area (Å²) < 4.78 is 21.0. The third-order valence-electron chi connectivity index (χ3n) is 5.14. The number of nitrogens with one attached hydrogen (secondary N) is 1. The van der Waals surface area contributed by atoms with Crippen molar-refractivity contribution >= 4 is 41.1 Å². The summed E-state index contributed by atoms with van der Waals surface area (Å²) in [6.07, 6.45) is 1.20. The van der Waals surface area contributed by atoms with Crippen molar-refractivity contribution in [2.24, 2.45) is 3.21 Å². The molecule has 1 amide bonds. The smallest absolute Gasteiger partial charge is 0.408 e. The Labute approximate surface area is 231 Å². The molecule has 0 aliphatic heterocycles. The maximum absolute atomic E-state index is 13.0. The zero-order chi connectivity index (χ0) is 26.7. The number of amides is 1. The summed E-state index contributed by atoms with van der Waals surface area (Å²) in [5.74, 6) is 0.111. The lowest BCUT2D eigenvalue weighted by Gasteiger charge is -2.23. The van der Waals surface area contributed by atoms with Crippen LogP contribution in [0.1, 0.15) is 43.0 Å². The minimum atomic E-state index is -0.945. The van der Waals surface area contributed by atoms with Gasteiger partial charge in [-0.05, 0) is 49.6 Å². The monoisotopic (exact) mass is 614 g/mol. The highest BCUT2D eigenvalue weighted by molar-refractivity contribution is 14.1. The molecule has 194 valence electrons. The van der Waals surface area contributed by atoms with Crippen LogP contribution in [-0.2, 0) is 33.9 Å². The average molecular weight is 614 g/mol. The fourth-order valence-corrected chi connectivity index (χ4v) is 3.75. The highest BCUT2D eigenvalue weighted by Crippen LogP contribution is 2.22. The molecule has 0 fully saturated rings. The largest absolute Gasteiger partial charge is 0.488 e. The van der Waals surface area contributed by atoms with Crippen molar-refractivity contribution in [1.29, 1.82) is 0 Å². The van der Waals surface area contributed by atoms with Crippen LogP contribution >= 0.6 is 22.9 Å². The number of nitrogens with zero attached hydrogens (tertiary/aromatic N) is 1. The number of carbonyl (C=O) groups excluding carboxylic acids is 2. The highest BCUT2D eigenvalue weighted by Gasteiger charge is 2.26. The van der Waals surface area contributed by atoms with Crippen LogP contribution in [-0.4, -0.2) is 29.9 Å². The van der Waals surface area contributed by atoms with Crippen molar-refractivity contribution in [3.63, 3.8) is 0 Å². The molecule has 0 unspecified atom stereocenters. The molecule has 0 aromatic heterocycles. The first kappa shape index (κ1) is 28.2. The quantitative estimate of drug-likeness (QED) is 0.167. The van der Waals surface area contributed by atoms with E-state index in [4.69, 9.17) is 14.2 Å². The van der Waals surface area contributed by atoms with E-state index in [1.54, 1.807) is 27.0 Å². The van der Waals surface area contributed by atoms with Gasteiger partial charge in [0.15, 0.2) is 0 Å². The lowest BCUT2D eigenvalue weighted by Crippen LogP contribution is -2.45. The van der Waals surface area contributed by atoms with Crippen molar-refractivity contribution < 1.29 is 23.8 Å². The lowest BCUT2D eigenvalue weighted by atomic mass is 10.0. The van der Waals surface area contributed by atoms with Gasteiger partial charge < -0.3 is 19.5 Å². The highest BCUT2D eigenvalue weighted by atomic mass is 127. The summed E-state index contributed by atoms with van der Waals surface area (Å²) in [5, 5.41) is 2.67. The van der Waals surface area contributed by atoms with E-state index in [0.717, 1.165) is 22.3 Å². The third-order valence-corrected chi connectivity index (χ3v) is 5.42. The Morgan fingerprint density at radius 3 is 2.14 bits per heavy atom. The van der Waals surface area contributed by atoms with Gasteiger partial charge in [0.25, 0.3) is 0 Å². The zero-order valence-corrected chi connectivity index (χ0v) is 23.3. The number of carbonyl (C=O) groups is 2. The van der Waals surface area contributed by atoms with Gasteiger partial charge in [-0.25, -0.2) is 12.8 Å². The molecule has 3 rings (SSSR count). The van der Waals surface area contributed by atoms with E-state index in [2.05, 4.69) is 8.52 Å². The normalized spacial score (nSPS) is 12.1. The van der Waals surface area contributed by atoms with E-state index in [1.165, 1.54) is 0 Å². The maximum atomic E-state index is 13.0. The molecule has 0 bridgehead atoms. The Balaban J connectivity index is 1.76. The molecule has 1 atom stereocenters. The number of halogens is 1. The summed E-state index contributed by atoms with van der Waals surface area (Å²) in [7, 11) is 0. The second kappa shape index (κ2) is 13.8. The molecule has 7 nitrogen and oxygen atoms in total. The van der Waals surface area contributed by atoms with Gasteiger partial charge in [-0.2, -0.15) is 0 Å². The van der Waals surface area contributed by atoms with E-state index in [0.29, 0.717) is 12.4 Å². The van der Waals surface area contributed by atoms with Crippen LogP contribution in [0, 0.1) is 0 Å². The first-order chi connectivity index (χ1) is 17.7. The fraction of sp³-hybridized carbons (Fsp3) is 0.276. The molecule has 0 aliphatic carbocycles. The number of rotatable bonds is 10. The minimum Gasteiger partial charge on any atom is -0.488 e. The van der Waals surface area contributed by atoms with Gasteiger partial charge in [0.1, 0.15) is 30.6 Å². The number of hydrogen-bond donors (Lipinski definition) is 1. The summed E-state index contributed by atoms with van der Waals surface area (Å²) in [6.45, 7) is 5.81. The number of esters is 1. The second-order valence-electron chi connectivity index (χ2n) is 9.37. The Kier molecular flexibility index (Phi) is 10.5. The Hall–Kier alpha value is -3.40. The predicted molar refractivity (Wildman–Crippen MR) is 152 cm³/mol. The molecule has 0 spiro atoms. The van der Waals surface area contributed by atoms with Crippen molar-refractivity contribution in [1.82, 2.24) is 5.32 Å². The van der Waals surface area contributed by atoms with Crippen molar-refractivity contribution in [2.45, 2.75) is 52.0 Å². The van der Waals surface area contributed by atoms with Crippen LogP contribution in [0.5, 0.6) is 5.75 Å². The van der Waals surface area contributed by atoms with Gasteiger partial charge in [0.05, 0.1) is 22.9 Å². The van der Waals surface area contributed by atoms with Crippen LogP contribution in [0.15, 0.2) is 82.1 Å². The van der Waals surface area contributed by atoms with Crippen LogP contribution < -0.4 is 10.1 Å². The molecule has 3 aromatic rings. The molecule has 8 heteroatoms. The van der Waals surface area contributed by atoms with Crippen LogP contribution in [0.4, 0.5) is 4.79 Å². The van der Waals surface area contributed by atoms with E-state index < -0.39 is 23.7 Å². The average Bonchev–Trinajstić information content (AvgIpc) is 2.87. The van der Waals surface area contributed by atoms with Crippen molar-refractivity contribution in [3.05, 3.63) is 101 Å². The SMILES string of the molecule is CC(C)(C)OC(=O)N[C@@H](Cc1ccc(OCc2ccccc2)c(C=NI)c1)C(=O)OCc1ccccc1. The number of ether oxygens (including phenoxy) is 3. The third kappa shape index (κ3) is 9.87. The first-order valence-electron chi connectivity index (χ1n) is 11.9. The molecule has 37 heavy (non-hydrogen) atoms. The topological polar surface area (TPSA) is 86.2 Å². The van der Waals surface area contributed by atoms with Crippen LogP contribution in [0.2, 0.25) is 0 Å². The van der Waals surface area contributed by atoms with Crippen molar-refractivity contribution in [2.75, 3.05) is 0 Å². The van der Waals surface area contributed by atoms with Gasteiger partial charge in [0, 0.05) is 18.2 Å². The van der Waals surface area contributed by atoms with Gasteiger partial charge in [-0.3, -0.25) is 0 Å². The summed E-state index contributed by atoms with van der Waals surface area (Å²) in [6, 6.07) is 23.9. The molecule has 3 aromatic carbocycles. The molecular weight excluding hydrogens is 583 g/mol. The van der Waals surface area contributed by atoms with Gasteiger partial charge in [-0.15, -0.1) is 0 Å². The van der Waals surface area contributed by atoms with E-state index in [9.17, 15) is 9.59 Å². The Morgan fingerprint density at radius 1 is 0.919 bits per heavy atom. The summed E-state index contributed by atoms with van der Waals surface area (Å²) in [5.41, 5.74) is 2.76. The lowest BCUT2D eigenvalue weighted by molar-refractivity contribution is -0.147. The van der Waals surface area contributed by atoms with Crippen LogP contribution in [0.25, 0.3) is 0 Å². The molecule has 0 heterocycles. The number of hydrogen-bond acceptors (Lipinski definition) is 6. The first-order valence-corrected chi connectivity index (χ1v) is 12.8. The Bertz CT molecular complexity index is 1190. The Morgan fingerprint density at radius 2 is 1.54 bits per heavy atom. The minimum absolute atomic E-state index is 0.102. The maximum Gasteiger partial charge on any atom is 0.408 e. The van der Waals surface area contributed by atoms with Gasteiger partial charge in [-0.1, -0.05) is 66.7 Å². The van der Waals surface area contributed by atoms with E-state index in [1.807, 2.05) is 102 Å². The molecule has 1 N–H and O–H groups in total. The number of alkyl carbamates (subject to hydrolysis) is 1. The molecule has 0 aliphatic rings. The summed E-state index contributed by atoms with van der Waals surface area (Å²) >= 11 is 1.91. The number of benzene rings is 3. The summed E-state index contributed by atoms with van der Waals surface area (Å²) in [4.78, 5) is 25.5. The molecular formula is C29H31IN2O5. The van der Waals surface area contributed by atoms with E-state index >= 15 is 0 Å². The van der Waals surface area contributed by atoms with Crippen molar-refractivity contribution in [3.8, 4) is 5.75 Å². The van der Waals surface area contributed by atoms with Crippen LogP contribution in [0.3, 0.4) is 0 Å². The molecule has 0 saturated carbocycles. The molecule has 0 saturated heterocycles. The standard InChI is InChI=1S/C29H31IN2O5/c1-29(2,3)37-28(34)32-25(27(33)36-20-22-12-8-5-9-13-22)17-23-14-15-26(24(16-23)18-31-30)35-19-21-10-6-4-7-11-21/h4-16,18,25H,17,19-20H2,1-3H3,(H,32,34)/t25-/m0/s1. The predicted octanol–water partition coefficient (Wildman–Crippen LogP) is 6.21. The second-order valence-corrected chi connectivity index (χ2v) is 9.93. The zero-order valence-electron chi connectivity index (χ0n) is 21.1. The van der Waals surface area contributed by atoms with Gasteiger partial charge >= 0.3 is 12.1 Å². The molecule has 0 radical (unpaired) electrons. The fourth-order valence-electron chi connectivity index (χ4n) is 3.45. The van der Waals surface area contributed by atoms with E-state index in [-0.39, 0.29) is 13.0 Å². The van der Waals surface area contributed by atoms with Gasteiger partial charge in [0.2, 0.25) is 0 Å².